The van der Waals surface area contributed by atoms with Gasteiger partial charge in [0.1, 0.15) is 6.61 Å². The molecule has 21 heavy (non-hydrogen) atoms. The number of ether oxygens (including phenoxy) is 1. The lowest BCUT2D eigenvalue weighted by Crippen LogP contribution is -2.45. The number of fused-ring (bicyclic) bond motifs is 2. The highest BCUT2D eigenvalue weighted by atomic mass is 19.1. The number of carboxylic acids is 1. The highest BCUT2D eigenvalue weighted by molar-refractivity contribution is 5.72. The molecule has 4 nitrogen and oxygen atoms in total. The van der Waals surface area contributed by atoms with Crippen molar-refractivity contribution in [3.05, 3.63) is 30.1 Å². The summed E-state index contributed by atoms with van der Waals surface area (Å²) in [5.41, 5.74) is 0. The minimum absolute atomic E-state index is 0.0328. The van der Waals surface area contributed by atoms with Crippen LogP contribution in [0.1, 0.15) is 19.3 Å². The molecule has 0 radical (unpaired) electrons. The summed E-state index contributed by atoms with van der Waals surface area (Å²) < 4.78 is 18.8. The van der Waals surface area contributed by atoms with Crippen molar-refractivity contribution in [2.75, 3.05) is 13.2 Å². The Bertz CT molecular complexity index is 522. The normalized spacial score (nSPS) is 30.5. The van der Waals surface area contributed by atoms with Crippen molar-refractivity contribution in [2.24, 2.45) is 17.8 Å². The monoisotopic (exact) mass is 293 g/mol. The molecule has 2 saturated carbocycles. The van der Waals surface area contributed by atoms with Gasteiger partial charge in [0.05, 0.1) is 5.92 Å². The molecule has 0 aliphatic heterocycles. The second-order valence-electron chi connectivity index (χ2n) is 5.96. The number of hydrogen-bond donors (Lipinski definition) is 2. The van der Waals surface area contributed by atoms with Gasteiger partial charge >= 0.3 is 5.97 Å². The summed E-state index contributed by atoms with van der Waals surface area (Å²) in [5.74, 6) is -0.336. The molecule has 0 aromatic heterocycles. The Morgan fingerprint density at radius 3 is 2.86 bits per heavy atom. The number of benzene rings is 1. The van der Waals surface area contributed by atoms with E-state index in [4.69, 9.17) is 4.74 Å². The van der Waals surface area contributed by atoms with Gasteiger partial charge in [-0.25, -0.2) is 4.39 Å². The topological polar surface area (TPSA) is 58.6 Å². The van der Waals surface area contributed by atoms with Crippen molar-refractivity contribution in [3.8, 4) is 5.75 Å². The Hall–Kier alpha value is -1.62. The largest absolute Gasteiger partial charge is 0.489 e. The number of halogens is 1. The molecular formula is C16H20FNO3. The summed E-state index contributed by atoms with van der Waals surface area (Å²) in [7, 11) is 0. The second-order valence-corrected chi connectivity index (χ2v) is 5.96. The summed E-state index contributed by atoms with van der Waals surface area (Å²) in [5, 5.41) is 12.7. The van der Waals surface area contributed by atoms with E-state index in [1.54, 1.807) is 18.2 Å². The first-order valence-corrected chi connectivity index (χ1v) is 7.50. The molecule has 0 heterocycles. The first-order valence-electron chi connectivity index (χ1n) is 7.50. The molecule has 2 bridgehead atoms. The van der Waals surface area contributed by atoms with Crippen molar-refractivity contribution < 1.29 is 19.0 Å². The molecule has 1 aromatic rings. The fourth-order valence-corrected chi connectivity index (χ4v) is 3.89. The van der Waals surface area contributed by atoms with Gasteiger partial charge in [0, 0.05) is 12.6 Å². The summed E-state index contributed by atoms with van der Waals surface area (Å²) in [6.45, 7) is 0.868. The van der Waals surface area contributed by atoms with Crippen molar-refractivity contribution in [3.63, 3.8) is 0 Å². The van der Waals surface area contributed by atoms with Gasteiger partial charge in [0.2, 0.25) is 0 Å². The van der Waals surface area contributed by atoms with Gasteiger partial charge in [0.15, 0.2) is 11.6 Å². The zero-order valence-electron chi connectivity index (χ0n) is 11.8. The van der Waals surface area contributed by atoms with Crippen molar-refractivity contribution in [1.82, 2.24) is 5.32 Å². The lowest BCUT2D eigenvalue weighted by molar-refractivity contribution is -0.144. The molecule has 4 unspecified atom stereocenters. The molecule has 1 aromatic carbocycles. The summed E-state index contributed by atoms with van der Waals surface area (Å²) >= 11 is 0. The highest BCUT2D eigenvalue weighted by Crippen LogP contribution is 2.48. The second kappa shape index (κ2) is 6.02. The van der Waals surface area contributed by atoms with E-state index in [9.17, 15) is 14.3 Å². The van der Waals surface area contributed by atoms with Gasteiger partial charge < -0.3 is 15.2 Å². The third-order valence-electron chi connectivity index (χ3n) is 4.78. The lowest BCUT2D eigenvalue weighted by Gasteiger charge is -2.29. The van der Waals surface area contributed by atoms with Crippen molar-refractivity contribution in [1.29, 1.82) is 0 Å². The van der Waals surface area contributed by atoms with Gasteiger partial charge in [-0.15, -0.1) is 0 Å². The van der Waals surface area contributed by atoms with Crippen LogP contribution < -0.4 is 10.1 Å². The summed E-state index contributed by atoms with van der Waals surface area (Å²) in [6.07, 6.45) is 3.16. The number of aliphatic carboxylic acids is 1. The van der Waals surface area contributed by atoms with Crippen LogP contribution in [0.4, 0.5) is 4.39 Å². The highest BCUT2D eigenvalue weighted by Gasteiger charge is 2.50. The molecule has 4 atom stereocenters. The predicted octanol–water partition coefficient (Wildman–Crippen LogP) is 2.29. The molecule has 5 heteroatoms. The number of carbonyl (C=O) groups is 1. The number of hydrogen-bond acceptors (Lipinski definition) is 3. The van der Waals surface area contributed by atoms with Crippen LogP contribution in [-0.2, 0) is 4.79 Å². The maximum atomic E-state index is 13.4. The Morgan fingerprint density at radius 2 is 2.10 bits per heavy atom. The fraction of sp³-hybridized carbons (Fsp3) is 0.562. The average Bonchev–Trinajstić information content (AvgIpc) is 3.06. The minimum atomic E-state index is -0.699. The van der Waals surface area contributed by atoms with Crippen LogP contribution in [0.25, 0.3) is 0 Å². The third kappa shape index (κ3) is 2.88. The van der Waals surface area contributed by atoms with Gasteiger partial charge in [0.25, 0.3) is 0 Å². The fourth-order valence-electron chi connectivity index (χ4n) is 3.89. The molecule has 0 saturated heterocycles. The van der Waals surface area contributed by atoms with Gasteiger partial charge in [-0.1, -0.05) is 12.1 Å². The minimum Gasteiger partial charge on any atom is -0.489 e. The van der Waals surface area contributed by atoms with E-state index >= 15 is 0 Å². The molecule has 2 aliphatic carbocycles. The van der Waals surface area contributed by atoms with E-state index in [0.717, 1.165) is 19.3 Å². The van der Waals surface area contributed by atoms with E-state index in [1.165, 1.54) is 6.07 Å². The van der Waals surface area contributed by atoms with E-state index in [-0.39, 0.29) is 23.5 Å². The first kappa shape index (κ1) is 14.3. The van der Waals surface area contributed by atoms with Crippen LogP contribution >= 0.6 is 0 Å². The van der Waals surface area contributed by atoms with Gasteiger partial charge in [-0.05, 0) is 43.2 Å². The number of nitrogens with one attached hydrogen (secondary N) is 1. The van der Waals surface area contributed by atoms with Crippen molar-refractivity contribution in [2.45, 2.75) is 25.3 Å². The zero-order valence-corrected chi connectivity index (χ0v) is 11.8. The number of rotatable bonds is 6. The van der Waals surface area contributed by atoms with Crippen LogP contribution in [0.3, 0.4) is 0 Å². The third-order valence-corrected chi connectivity index (χ3v) is 4.78. The number of carboxylic acid groups (broad SMARTS) is 1. The van der Waals surface area contributed by atoms with Crippen LogP contribution in [0.5, 0.6) is 5.75 Å². The summed E-state index contributed by atoms with van der Waals surface area (Å²) in [6, 6.07) is 6.33. The van der Waals surface area contributed by atoms with Crippen LogP contribution in [0.15, 0.2) is 24.3 Å². The average molecular weight is 293 g/mol. The molecule has 0 spiro atoms. The van der Waals surface area contributed by atoms with Crippen LogP contribution in [0.2, 0.25) is 0 Å². The Balaban J connectivity index is 1.49. The van der Waals surface area contributed by atoms with Crippen LogP contribution in [0, 0.1) is 23.6 Å². The van der Waals surface area contributed by atoms with Gasteiger partial charge in [-0.2, -0.15) is 0 Å². The molecule has 2 N–H and O–H groups in total. The Kier molecular flexibility index (Phi) is 4.10. The van der Waals surface area contributed by atoms with E-state index < -0.39 is 5.97 Å². The standard InChI is InChI=1S/C16H20FNO3/c17-12-3-1-2-4-13(12)21-8-7-18-15-11-6-5-10(9-11)14(15)16(19)20/h1-4,10-11,14-15,18H,5-9H2,(H,19,20). The molecule has 114 valence electrons. The van der Waals surface area contributed by atoms with E-state index in [0.29, 0.717) is 25.0 Å². The van der Waals surface area contributed by atoms with E-state index in [1.807, 2.05) is 0 Å². The smallest absolute Gasteiger partial charge is 0.308 e. The lowest BCUT2D eigenvalue weighted by atomic mass is 9.84. The Morgan fingerprint density at radius 1 is 1.33 bits per heavy atom. The van der Waals surface area contributed by atoms with Crippen molar-refractivity contribution >= 4 is 5.97 Å². The molecule has 2 fully saturated rings. The summed E-state index contributed by atoms with van der Waals surface area (Å²) in [4.78, 5) is 11.4. The quantitative estimate of drug-likeness (QED) is 0.790. The molecule has 0 amide bonds. The Labute approximate surface area is 123 Å². The SMILES string of the molecule is O=C(O)C1C2CCC(C2)C1NCCOc1ccccc1F. The predicted molar refractivity (Wildman–Crippen MR) is 75.6 cm³/mol. The van der Waals surface area contributed by atoms with Crippen LogP contribution in [-0.4, -0.2) is 30.3 Å². The van der Waals surface area contributed by atoms with Gasteiger partial charge in [-0.3, -0.25) is 4.79 Å². The molecular weight excluding hydrogens is 273 g/mol. The van der Waals surface area contributed by atoms with E-state index in [2.05, 4.69) is 5.32 Å². The maximum absolute atomic E-state index is 13.4. The zero-order chi connectivity index (χ0) is 14.8. The first-order chi connectivity index (χ1) is 10.2. The molecule has 2 aliphatic rings. The molecule has 3 rings (SSSR count). The number of para-hydroxylation sites is 1. The maximum Gasteiger partial charge on any atom is 0.308 e.